The van der Waals surface area contributed by atoms with Gasteiger partial charge in [-0.25, -0.2) is 9.59 Å². The lowest BCUT2D eigenvalue weighted by Gasteiger charge is -2.26. The maximum absolute atomic E-state index is 13.8. The number of alkyl halides is 4. The Hall–Kier alpha value is -6.64. The molecule has 4 unspecified atom stereocenters. The Morgan fingerprint density at radius 2 is 0.891 bits per heavy atom. The van der Waals surface area contributed by atoms with Crippen molar-refractivity contribution >= 4 is 93.7 Å². The van der Waals surface area contributed by atoms with E-state index in [1.807, 2.05) is 34.1 Å². The van der Waals surface area contributed by atoms with Crippen molar-refractivity contribution in [3.05, 3.63) is 185 Å². The van der Waals surface area contributed by atoms with Crippen molar-refractivity contribution < 1.29 is 74.6 Å². The Balaban J connectivity index is 0.000000217. The molecule has 0 spiro atoms. The monoisotopic (exact) mass is 1390 g/mol. The van der Waals surface area contributed by atoms with Crippen LogP contribution in [0.4, 0.5) is 17.6 Å². The maximum Gasteiger partial charge on any atom is 0.387 e. The lowest BCUT2D eigenvalue weighted by atomic mass is 10.0. The SMILES string of the molecule is CN(C)C(=O)c1ccc(CN2CCSC2C(=O)OC(Cc2c(Cl)c[n+]([O-])cc2Cl)c2ccc(OC(F)F)c(OCC3CC3)c2)cc1.CN(C)C(=O)c1ccc(CN2CCSC2C(=O)OC(Cc2c(Cl)c[n+]([O-])cc2Cl)c2ccc(OC(F)F)c(OCC3CC3)c2)cc1. The van der Waals surface area contributed by atoms with Crippen LogP contribution >= 0.6 is 69.9 Å². The number of carbonyl (C=O) groups is 4. The zero-order chi connectivity index (χ0) is 65.9. The van der Waals surface area contributed by atoms with Crippen molar-refractivity contribution in [1.29, 1.82) is 0 Å². The van der Waals surface area contributed by atoms with Crippen molar-refractivity contribution in [1.82, 2.24) is 19.6 Å². The van der Waals surface area contributed by atoms with Gasteiger partial charge in [-0.05, 0) is 108 Å². The molecule has 2 aromatic heterocycles. The Bertz CT molecular complexity index is 3310. The fraction of sp³-hybridized carbons (Fsp3) is 0.406. The lowest BCUT2D eigenvalue weighted by Crippen LogP contribution is -2.36. The van der Waals surface area contributed by atoms with Crippen LogP contribution in [0.15, 0.2) is 110 Å². The number of hydrogen-bond acceptors (Lipinski definition) is 16. The van der Waals surface area contributed by atoms with Crippen LogP contribution in [0.3, 0.4) is 0 Å². The van der Waals surface area contributed by atoms with Gasteiger partial charge in [0.15, 0.2) is 58.5 Å². The third-order valence-electron chi connectivity index (χ3n) is 15.2. The van der Waals surface area contributed by atoms with Gasteiger partial charge < -0.3 is 48.6 Å². The summed E-state index contributed by atoms with van der Waals surface area (Å²) in [5, 5.41) is 22.8. The molecule has 92 heavy (non-hydrogen) atoms. The number of ether oxygens (including phenoxy) is 6. The molecule has 2 saturated heterocycles. The second-order valence-corrected chi connectivity index (χ2v) is 26.7. The first-order chi connectivity index (χ1) is 44.0. The molecule has 0 N–H and O–H groups in total. The van der Waals surface area contributed by atoms with Gasteiger partial charge in [0.25, 0.3) is 11.8 Å². The number of halogens is 8. The summed E-state index contributed by atoms with van der Waals surface area (Å²) in [5.74, 6) is 0.767. The number of hydrogen-bond donors (Lipinski definition) is 0. The fourth-order valence-electron chi connectivity index (χ4n) is 9.98. The second kappa shape index (κ2) is 32.0. The van der Waals surface area contributed by atoms with Gasteiger partial charge in [0.05, 0.1) is 13.2 Å². The second-order valence-electron chi connectivity index (χ2n) is 22.7. The molecule has 2 saturated carbocycles. The van der Waals surface area contributed by atoms with E-state index in [1.165, 1.54) is 69.7 Å². The van der Waals surface area contributed by atoms with E-state index in [1.54, 1.807) is 52.5 Å². The van der Waals surface area contributed by atoms with Gasteiger partial charge in [-0.1, -0.05) is 82.8 Å². The number of pyridine rings is 2. The number of esters is 2. The minimum absolute atomic E-state index is 0.000114. The molecule has 18 nitrogen and oxygen atoms in total. The molecule has 6 aromatic rings. The normalized spacial score (nSPS) is 17.2. The van der Waals surface area contributed by atoms with E-state index in [0.717, 1.165) is 61.6 Å². The number of aromatic nitrogens is 2. The molecule has 0 radical (unpaired) electrons. The third kappa shape index (κ3) is 19.3. The first kappa shape index (κ1) is 69.7. The van der Waals surface area contributed by atoms with Gasteiger partial charge in [-0.2, -0.15) is 27.0 Å². The Morgan fingerprint density at radius 1 is 0.543 bits per heavy atom. The zero-order valence-electron chi connectivity index (χ0n) is 50.3. The van der Waals surface area contributed by atoms with Crippen LogP contribution in [0.5, 0.6) is 23.0 Å². The fourth-order valence-corrected chi connectivity index (χ4v) is 13.5. The number of nitrogens with zero attached hydrogens (tertiary/aromatic N) is 6. The molecule has 2 aliphatic heterocycles. The topological polar surface area (TPSA) is 190 Å². The first-order valence-corrected chi connectivity index (χ1v) is 32.9. The highest BCUT2D eigenvalue weighted by Crippen LogP contribution is 2.42. The van der Waals surface area contributed by atoms with Crippen molar-refractivity contribution in [3.63, 3.8) is 0 Å². The van der Waals surface area contributed by atoms with E-state index in [9.17, 15) is 47.2 Å². The number of amides is 2. The molecule has 0 bridgehead atoms. The van der Waals surface area contributed by atoms with E-state index in [4.69, 9.17) is 74.8 Å². The smallest absolute Gasteiger partial charge is 0.387 e. The van der Waals surface area contributed by atoms with E-state index in [0.29, 0.717) is 106 Å². The Kier molecular flexibility index (Phi) is 24.2. The molecule has 4 fully saturated rings. The summed E-state index contributed by atoms with van der Waals surface area (Å²) in [4.78, 5) is 59.1. The molecule has 2 aliphatic carbocycles. The molecular formula is C64H66Cl4F4N6O12S2. The first-order valence-electron chi connectivity index (χ1n) is 29.3. The van der Waals surface area contributed by atoms with Crippen molar-refractivity contribution in [2.75, 3.05) is 66.0 Å². The maximum atomic E-state index is 13.8. The lowest BCUT2D eigenvalue weighted by molar-refractivity contribution is -0.605. The van der Waals surface area contributed by atoms with Gasteiger partial charge in [0.1, 0.15) is 32.3 Å². The van der Waals surface area contributed by atoms with E-state index >= 15 is 0 Å². The number of benzene rings is 4. The summed E-state index contributed by atoms with van der Waals surface area (Å²) in [6.45, 7) is -3.27. The highest BCUT2D eigenvalue weighted by molar-refractivity contribution is 8.01. The molecular weight excluding hydrogens is 1330 g/mol. The summed E-state index contributed by atoms with van der Waals surface area (Å²) < 4.78 is 87.0. The van der Waals surface area contributed by atoms with Crippen LogP contribution < -0.4 is 28.4 Å². The molecule has 492 valence electrons. The van der Waals surface area contributed by atoms with Crippen LogP contribution in [0, 0.1) is 22.3 Å². The quantitative estimate of drug-likeness (QED) is 0.0215. The van der Waals surface area contributed by atoms with Gasteiger partial charge in [-0.15, -0.1) is 23.5 Å². The average Bonchev–Trinajstić information content (AvgIpc) is 1.66. The van der Waals surface area contributed by atoms with Gasteiger partial charge in [-0.3, -0.25) is 19.4 Å². The Morgan fingerprint density at radius 3 is 1.21 bits per heavy atom. The summed E-state index contributed by atoms with van der Waals surface area (Å²) in [7, 11) is 6.76. The van der Waals surface area contributed by atoms with Gasteiger partial charge >= 0.3 is 25.2 Å². The largest absolute Gasteiger partial charge is 0.619 e. The number of rotatable bonds is 26. The van der Waals surface area contributed by atoms with Crippen LogP contribution in [0.25, 0.3) is 0 Å². The van der Waals surface area contributed by atoms with Gasteiger partial charge in [0.2, 0.25) is 0 Å². The summed E-state index contributed by atoms with van der Waals surface area (Å²) in [6.07, 6.45) is 6.63. The van der Waals surface area contributed by atoms with Gasteiger partial charge in [0, 0.05) is 101 Å². The number of thioether (sulfide) groups is 2. The van der Waals surface area contributed by atoms with Crippen LogP contribution in [0.2, 0.25) is 20.1 Å². The highest BCUT2D eigenvalue weighted by atomic mass is 35.5. The molecule has 4 aliphatic rings. The van der Waals surface area contributed by atoms with E-state index < -0.39 is 48.1 Å². The van der Waals surface area contributed by atoms with Crippen molar-refractivity contribution in [2.45, 2.75) is 87.8 Å². The van der Waals surface area contributed by atoms with Crippen LogP contribution in [-0.2, 0) is 45.0 Å². The van der Waals surface area contributed by atoms with Crippen molar-refractivity contribution in [3.8, 4) is 23.0 Å². The predicted octanol–water partition coefficient (Wildman–Crippen LogP) is 12.2. The summed E-state index contributed by atoms with van der Waals surface area (Å²) >= 11 is 28.4. The van der Waals surface area contributed by atoms with Crippen LogP contribution in [0.1, 0.15) is 92.0 Å². The molecule has 28 heteroatoms. The minimum atomic E-state index is -3.06. The minimum Gasteiger partial charge on any atom is -0.619 e. The standard InChI is InChI=1S/2C32H33Cl2F2N3O6S/c2*1-37(2)29(40)21-7-5-19(6-8-21)15-38-11-12-46-30(38)31(41)44-27(14-23-24(33)16-39(42)17-25(23)34)22-9-10-26(45-32(35)36)28(13-22)43-18-20-3-4-20/h2*5-10,13,16-17,20,27,30,32H,3-4,11-12,14-15,18H2,1-2H3. The zero-order valence-corrected chi connectivity index (χ0v) is 55.0. The van der Waals surface area contributed by atoms with E-state index in [-0.39, 0.29) is 67.7 Å². The molecule has 4 atom stereocenters. The highest BCUT2D eigenvalue weighted by Gasteiger charge is 2.38. The van der Waals surface area contributed by atoms with Crippen LogP contribution in [-0.4, -0.2) is 133 Å². The van der Waals surface area contributed by atoms with Crippen molar-refractivity contribution in [2.24, 2.45) is 11.8 Å². The Labute approximate surface area is 557 Å². The third-order valence-corrected chi connectivity index (χ3v) is 19.0. The molecule has 10 rings (SSSR count). The summed E-state index contributed by atoms with van der Waals surface area (Å²) in [6, 6.07) is 23.3. The summed E-state index contributed by atoms with van der Waals surface area (Å²) in [5.41, 5.74) is 4.63. The average molecular weight is 1390 g/mol. The molecule has 4 aromatic carbocycles. The number of carbonyl (C=O) groups excluding carboxylic acids is 4. The molecule has 4 heterocycles. The molecule has 2 amide bonds. The predicted molar refractivity (Wildman–Crippen MR) is 341 cm³/mol. The van der Waals surface area contributed by atoms with E-state index in [2.05, 4.69) is 0 Å².